The van der Waals surface area contributed by atoms with Crippen molar-refractivity contribution in [3.05, 3.63) is 60.8 Å². The number of ether oxygens (including phenoxy) is 1. The van der Waals surface area contributed by atoms with E-state index in [2.05, 4.69) is 74.7 Å². The van der Waals surface area contributed by atoms with Gasteiger partial charge in [-0.15, -0.1) is 0 Å². The molecule has 3 unspecified atom stereocenters. The number of carbonyl (C=O) groups is 2. The fourth-order valence-electron chi connectivity index (χ4n) is 8.16. The molecule has 0 aromatic carbocycles. The van der Waals surface area contributed by atoms with E-state index in [9.17, 15) is 19.0 Å². The number of hydrogen-bond donors (Lipinski definition) is 2. The summed E-state index contributed by atoms with van der Waals surface area (Å²) in [5.41, 5.74) is 0. The number of unbranched alkanes of at least 4 members (excludes halogenated alkanes) is 28. The van der Waals surface area contributed by atoms with Crippen LogP contribution in [0.25, 0.3) is 0 Å². The molecule has 70 heavy (non-hydrogen) atoms. The molecule has 0 fully saturated rings. The number of hydrogen-bond acceptors (Lipinski definition) is 6. The van der Waals surface area contributed by atoms with Crippen molar-refractivity contribution in [3.8, 4) is 0 Å². The van der Waals surface area contributed by atoms with Crippen LogP contribution >= 0.6 is 7.82 Å². The maximum Gasteiger partial charge on any atom is 0.472 e. The number of rotatable bonds is 52. The minimum absolute atomic E-state index is 0.0366. The molecule has 10 heteroatoms. The van der Waals surface area contributed by atoms with Crippen LogP contribution in [-0.2, 0) is 27.9 Å². The molecule has 0 aromatic heterocycles. The molecule has 408 valence electrons. The molecule has 1 amide bonds. The van der Waals surface area contributed by atoms with Gasteiger partial charge in [0.05, 0.1) is 33.8 Å². The first-order chi connectivity index (χ1) is 33.9. The van der Waals surface area contributed by atoms with E-state index in [0.29, 0.717) is 17.4 Å². The first-order valence-electron chi connectivity index (χ1n) is 29.1. The zero-order valence-electron chi connectivity index (χ0n) is 46.5. The second kappa shape index (κ2) is 50.3. The molecule has 0 bridgehead atoms. The van der Waals surface area contributed by atoms with Gasteiger partial charge in [0, 0.05) is 12.8 Å². The Morgan fingerprint density at radius 2 is 0.871 bits per heavy atom. The lowest BCUT2D eigenvalue weighted by Crippen LogP contribution is -2.47. The minimum Gasteiger partial charge on any atom is -0.456 e. The SMILES string of the molecule is CCCCC/C=C\C/C=C\C/C=C\C/C=C\CCCCCCCC(=O)OC(/C=C/CCCCCCCCCCCC)C(COP(=O)(O)OCC[N+](C)(C)C)NC(=O)CCCCCCCCCCCCC. The van der Waals surface area contributed by atoms with Crippen molar-refractivity contribution < 1.29 is 37.3 Å². The monoisotopic (exact) mass is 1000 g/mol. The van der Waals surface area contributed by atoms with Crippen LogP contribution < -0.4 is 5.32 Å². The lowest BCUT2D eigenvalue weighted by Gasteiger charge is -2.27. The van der Waals surface area contributed by atoms with Crippen molar-refractivity contribution in [1.29, 1.82) is 0 Å². The summed E-state index contributed by atoms with van der Waals surface area (Å²) < 4.78 is 30.6. The van der Waals surface area contributed by atoms with E-state index in [4.69, 9.17) is 13.8 Å². The highest BCUT2D eigenvalue weighted by molar-refractivity contribution is 7.47. The quantitative estimate of drug-likeness (QED) is 0.0205. The summed E-state index contributed by atoms with van der Waals surface area (Å²) in [7, 11) is 1.48. The van der Waals surface area contributed by atoms with Gasteiger partial charge in [0.25, 0.3) is 0 Å². The zero-order chi connectivity index (χ0) is 51.5. The van der Waals surface area contributed by atoms with Gasteiger partial charge in [0.1, 0.15) is 19.3 Å². The van der Waals surface area contributed by atoms with Crippen molar-refractivity contribution in [2.45, 2.75) is 270 Å². The van der Waals surface area contributed by atoms with Crippen molar-refractivity contribution in [1.82, 2.24) is 5.32 Å². The first kappa shape index (κ1) is 67.7. The largest absolute Gasteiger partial charge is 0.472 e. The van der Waals surface area contributed by atoms with Gasteiger partial charge in [-0.25, -0.2) is 4.57 Å². The highest BCUT2D eigenvalue weighted by atomic mass is 31.2. The normalized spacial score (nSPS) is 14.2. The highest BCUT2D eigenvalue weighted by Crippen LogP contribution is 2.43. The van der Waals surface area contributed by atoms with Gasteiger partial charge in [-0.1, -0.05) is 230 Å². The predicted octanol–water partition coefficient (Wildman–Crippen LogP) is 17.5. The van der Waals surface area contributed by atoms with Crippen molar-refractivity contribution in [2.24, 2.45) is 0 Å². The van der Waals surface area contributed by atoms with Crippen molar-refractivity contribution >= 4 is 19.7 Å². The summed E-state index contributed by atoms with van der Waals surface area (Å²) >= 11 is 0. The molecular weight excluding hydrogens is 892 g/mol. The second-order valence-electron chi connectivity index (χ2n) is 20.8. The van der Waals surface area contributed by atoms with Gasteiger partial charge in [-0.3, -0.25) is 18.6 Å². The molecule has 0 saturated carbocycles. The summed E-state index contributed by atoms with van der Waals surface area (Å²) in [6.07, 6.45) is 62.1. The number of likely N-dealkylation sites (N-methyl/N-ethyl adjacent to an activating group) is 1. The maximum atomic E-state index is 13.5. The molecular formula is C60H112N2O7P+. The van der Waals surface area contributed by atoms with Crippen LogP contribution in [0.2, 0.25) is 0 Å². The first-order valence-corrected chi connectivity index (χ1v) is 30.6. The van der Waals surface area contributed by atoms with Gasteiger partial charge in [0.15, 0.2) is 0 Å². The average molecular weight is 1000 g/mol. The summed E-state index contributed by atoms with van der Waals surface area (Å²) in [5, 5.41) is 3.04. The maximum absolute atomic E-state index is 13.5. The van der Waals surface area contributed by atoms with Gasteiger partial charge in [-0.05, 0) is 76.7 Å². The minimum atomic E-state index is -4.44. The number of nitrogens with zero attached hydrogens (tertiary/aromatic N) is 1. The Morgan fingerprint density at radius 1 is 0.500 bits per heavy atom. The standard InChI is InChI=1S/C60H111N2O7P/c1-7-10-13-16-19-22-25-27-28-29-30-31-32-33-34-35-38-41-44-47-50-53-60(64)69-58(51-48-45-42-39-37-26-23-20-17-14-11-8-2)57(56-68-70(65,66)67-55-54-62(4,5)6)61-59(63)52-49-46-43-40-36-24-21-18-15-12-9-3/h19,22,27-28,30-31,33-34,48,51,57-58H,7-18,20-21,23-26,29,32,35-47,49-50,52-56H2,1-6H3,(H-,61,63,65,66)/p+1/b22-19-,28-27-,31-30-,34-33-,51-48+. The number of quaternary nitrogens is 1. The molecule has 0 aromatic rings. The number of amides is 1. The molecule has 3 atom stereocenters. The molecule has 9 nitrogen and oxygen atoms in total. The number of esters is 1. The molecule has 0 radical (unpaired) electrons. The Morgan fingerprint density at radius 3 is 1.33 bits per heavy atom. The van der Waals surface area contributed by atoms with Gasteiger partial charge in [0.2, 0.25) is 5.91 Å². The van der Waals surface area contributed by atoms with Crippen LogP contribution in [0.5, 0.6) is 0 Å². The van der Waals surface area contributed by atoms with E-state index in [1.165, 1.54) is 128 Å². The van der Waals surface area contributed by atoms with Crippen LogP contribution in [0.15, 0.2) is 60.8 Å². The fraction of sp³-hybridized carbons (Fsp3) is 0.800. The molecule has 0 rings (SSSR count). The Kier molecular flexibility index (Phi) is 48.6. The van der Waals surface area contributed by atoms with Crippen LogP contribution in [0.4, 0.5) is 0 Å². The van der Waals surface area contributed by atoms with Crippen LogP contribution in [0, 0.1) is 0 Å². The van der Waals surface area contributed by atoms with Gasteiger partial charge >= 0.3 is 13.8 Å². The third kappa shape index (κ3) is 50.6. The topological polar surface area (TPSA) is 111 Å². The van der Waals surface area contributed by atoms with Crippen molar-refractivity contribution in [3.63, 3.8) is 0 Å². The Hall–Kier alpha value is -2.29. The lowest BCUT2D eigenvalue weighted by atomic mass is 10.0. The van der Waals surface area contributed by atoms with Gasteiger partial charge < -0.3 is 19.4 Å². The average Bonchev–Trinajstić information content (AvgIpc) is 3.32. The molecule has 0 aliphatic carbocycles. The Balaban J connectivity index is 5.30. The molecule has 0 aliphatic rings. The Labute approximate surface area is 432 Å². The molecule has 0 spiro atoms. The Bertz CT molecular complexity index is 1390. The van der Waals surface area contributed by atoms with E-state index in [-0.39, 0.29) is 31.5 Å². The van der Waals surface area contributed by atoms with E-state index in [1.807, 2.05) is 33.3 Å². The van der Waals surface area contributed by atoms with E-state index >= 15 is 0 Å². The predicted molar refractivity (Wildman–Crippen MR) is 300 cm³/mol. The third-order valence-electron chi connectivity index (χ3n) is 12.7. The van der Waals surface area contributed by atoms with E-state index in [0.717, 1.165) is 96.3 Å². The number of phosphoric ester groups is 1. The summed E-state index contributed by atoms with van der Waals surface area (Å²) in [6.45, 7) is 6.96. The summed E-state index contributed by atoms with van der Waals surface area (Å²) in [4.78, 5) is 37.5. The molecule has 2 N–H and O–H groups in total. The van der Waals surface area contributed by atoms with Crippen LogP contribution in [-0.4, -0.2) is 74.3 Å². The second-order valence-corrected chi connectivity index (χ2v) is 22.3. The fourth-order valence-corrected chi connectivity index (χ4v) is 8.89. The van der Waals surface area contributed by atoms with Crippen LogP contribution in [0.3, 0.4) is 0 Å². The number of allylic oxidation sites excluding steroid dienone is 9. The third-order valence-corrected chi connectivity index (χ3v) is 13.7. The van der Waals surface area contributed by atoms with E-state index in [1.54, 1.807) is 0 Å². The lowest BCUT2D eigenvalue weighted by molar-refractivity contribution is -0.870. The highest BCUT2D eigenvalue weighted by Gasteiger charge is 2.30. The molecule has 0 heterocycles. The number of phosphoric acid groups is 1. The summed E-state index contributed by atoms with van der Waals surface area (Å²) in [6, 6.07) is -0.853. The molecule has 0 aliphatic heterocycles. The molecule has 0 saturated heterocycles. The van der Waals surface area contributed by atoms with Crippen LogP contribution in [0.1, 0.15) is 258 Å². The number of nitrogens with one attached hydrogen (secondary N) is 1. The zero-order valence-corrected chi connectivity index (χ0v) is 47.4. The van der Waals surface area contributed by atoms with E-state index < -0.39 is 20.0 Å². The summed E-state index contributed by atoms with van der Waals surface area (Å²) in [5.74, 6) is -0.524. The van der Waals surface area contributed by atoms with Crippen molar-refractivity contribution in [2.75, 3.05) is 40.9 Å². The smallest absolute Gasteiger partial charge is 0.456 e. The number of carbonyl (C=O) groups excluding carboxylic acids is 2. The van der Waals surface area contributed by atoms with Gasteiger partial charge in [-0.2, -0.15) is 0 Å².